The van der Waals surface area contributed by atoms with Crippen LogP contribution in [0.2, 0.25) is 0 Å². The average Bonchev–Trinajstić information content (AvgIpc) is 2.81. The Morgan fingerprint density at radius 2 is 2.42 bits per heavy atom. The van der Waals surface area contributed by atoms with Crippen LogP contribution in [0.15, 0.2) is 12.7 Å². The number of likely N-dealkylation sites (tertiary alicyclic amines) is 1. The number of carbonyl (C=O) groups is 1. The summed E-state index contributed by atoms with van der Waals surface area (Å²) in [5, 5.41) is 9.91. The summed E-state index contributed by atoms with van der Waals surface area (Å²) in [7, 11) is 0. The van der Waals surface area contributed by atoms with Gasteiger partial charge >= 0.3 is 0 Å². The molecule has 0 spiro atoms. The molecular weight excluding hydrogens is 248 g/mol. The van der Waals surface area contributed by atoms with E-state index in [1.807, 2.05) is 6.92 Å². The van der Waals surface area contributed by atoms with E-state index in [0.717, 1.165) is 0 Å². The molecule has 6 heteroatoms. The van der Waals surface area contributed by atoms with Crippen molar-refractivity contribution in [1.82, 2.24) is 4.90 Å². The van der Waals surface area contributed by atoms with Gasteiger partial charge in [-0.25, -0.2) is 0 Å². The molecule has 1 aliphatic heterocycles. The summed E-state index contributed by atoms with van der Waals surface area (Å²) < 4.78 is 10.5. The van der Waals surface area contributed by atoms with Gasteiger partial charge < -0.3 is 25.2 Å². The van der Waals surface area contributed by atoms with Crippen LogP contribution in [-0.2, 0) is 14.3 Å². The molecule has 19 heavy (non-hydrogen) atoms. The Labute approximate surface area is 114 Å². The van der Waals surface area contributed by atoms with Gasteiger partial charge in [0, 0.05) is 26.0 Å². The normalized spacial score (nSPS) is 24.5. The predicted octanol–water partition coefficient (Wildman–Crippen LogP) is 0.210. The van der Waals surface area contributed by atoms with Crippen LogP contribution < -0.4 is 5.73 Å². The maximum absolute atomic E-state index is 12.1. The molecule has 1 aliphatic rings. The predicted molar refractivity (Wildman–Crippen MR) is 71.1 cm³/mol. The summed E-state index contributed by atoms with van der Waals surface area (Å²) in [6.45, 7) is 6.50. The van der Waals surface area contributed by atoms with E-state index in [1.165, 1.54) is 0 Å². The van der Waals surface area contributed by atoms with Gasteiger partial charge in [-0.05, 0) is 13.3 Å². The molecule has 0 aliphatic carbocycles. The van der Waals surface area contributed by atoms with Crippen LogP contribution in [0.4, 0.5) is 0 Å². The smallest absolute Gasteiger partial charge is 0.223 e. The summed E-state index contributed by atoms with van der Waals surface area (Å²) in [6, 6.07) is -0.391. The third-order valence-corrected chi connectivity index (χ3v) is 3.19. The minimum atomic E-state index is -1.07. The first-order chi connectivity index (χ1) is 9.13. The first-order valence-electron chi connectivity index (χ1n) is 6.65. The number of aliphatic hydroxyl groups excluding tert-OH is 1. The SMILES string of the molecule is C=CCCC(=O)N1C[C@H](OCC)C[C@H]1C(O)OCN. The summed E-state index contributed by atoms with van der Waals surface area (Å²) >= 11 is 0. The topological polar surface area (TPSA) is 85.0 Å². The molecule has 1 fully saturated rings. The zero-order valence-corrected chi connectivity index (χ0v) is 11.5. The van der Waals surface area contributed by atoms with E-state index < -0.39 is 12.3 Å². The molecule has 0 aromatic carbocycles. The number of carbonyl (C=O) groups excluding carboxylic acids is 1. The first kappa shape index (κ1) is 16.1. The number of nitrogens with zero attached hydrogens (tertiary/aromatic N) is 1. The van der Waals surface area contributed by atoms with Crippen LogP contribution in [0.3, 0.4) is 0 Å². The lowest BCUT2D eigenvalue weighted by atomic mass is 10.2. The van der Waals surface area contributed by atoms with Gasteiger partial charge in [0.1, 0.15) is 0 Å². The van der Waals surface area contributed by atoms with E-state index in [1.54, 1.807) is 11.0 Å². The molecule has 0 aromatic rings. The molecule has 1 unspecified atom stereocenters. The summed E-state index contributed by atoms with van der Waals surface area (Å²) in [4.78, 5) is 13.7. The van der Waals surface area contributed by atoms with Crippen molar-refractivity contribution < 1.29 is 19.4 Å². The van der Waals surface area contributed by atoms with Crippen molar-refractivity contribution >= 4 is 5.91 Å². The number of nitrogens with two attached hydrogens (primary N) is 1. The second-order valence-electron chi connectivity index (χ2n) is 4.48. The second kappa shape index (κ2) is 8.27. The lowest BCUT2D eigenvalue weighted by molar-refractivity contribution is -0.155. The van der Waals surface area contributed by atoms with Gasteiger partial charge in [-0.1, -0.05) is 6.08 Å². The molecule has 3 atom stereocenters. The summed E-state index contributed by atoms with van der Waals surface area (Å²) in [6.07, 6.45) is 2.15. The van der Waals surface area contributed by atoms with E-state index in [2.05, 4.69) is 6.58 Å². The van der Waals surface area contributed by atoms with E-state index in [0.29, 0.717) is 32.4 Å². The highest BCUT2D eigenvalue weighted by molar-refractivity contribution is 5.77. The van der Waals surface area contributed by atoms with Crippen molar-refractivity contribution in [3.8, 4) is 0 Å². The average molecular weight is 272 g/mol. The van der Waals surface area contributed by atoms with Crippen LogP contribution in [0.1, 0.15) is 26.2 Å². The third-order valence-electron chi connectivity index (χ3n) is 3.19. The standard InChI is InChI=1S/C13H24N2O4/c1-3-5-6-12(16)15-8-10(18-4-2)7-11(15)13(17)19-9-14/h3,10-11,13,17H,1,4-9,14H2,2H3/t10-,11+,13?/m1/s1. The summed E-state index contributed by atoms with van der Waals surface area (Å²) in [5.41, 5.74) is 5.26. The maximum atomic E-state index is 12.1. The van der Waals surface area contributed by atoms with Crippen molar-refractivity contribution in [3.05, 3.63) is 12.7 Å². The molecule has 1 amide bonds. The van der Waals surface area contributed by atoms with Crippen molar-refractivity contribution in [1.29, 1.82) is 0 Å². The highest BCUT2D eigenvalue weighted by Crippen LogP contribution is 2.24. The van der Waals surface area contributed by atoms with Gasteiger partial charge in [0.25, 0.3) is 0 Å². The number of aliphatic hydroxyl groups is 1. The van der Waals surface area contributed by atoms with Gasteiger partial charge in [-0.3, -0.25) is 4.79 Å². The van der Waals surface area contributed by atoms with Crippen LogP contribution in [0.5, 0.6) is 0 Å². The molecule has 1 saturated heterocycles. The number of amides is 1. The molecule has 0 saturated carbocycles. The van der Waals surface area contributed by atoms with Crippen molar-refractivity contribution in [2.24, 2.45) is 5.73 Å². The number of rotatable bonds is 8. The fourth-order valence-corrected chi connectivity index (χ4v) is 2.32. The zero-order valence-electron chi connectivity index (χ0n) is 11.5. The lowest BCUT2D eigenvalue weighted by Crippen LogP contribution is -2.44. The highest BCUT2D eigenvalue weighted by atomic mass is 16.6. The van der Waals surface area contributed by atoms with Crippen molar-refractivity contribution in [2.45, 2.75) is 44.6 Å². The lowest BCUT2D eigenvalue weighted by Gasteiger charge is -2.27. The minimum Gasteiger partial charge on any atom is -0.377 e. The molecule has 1 heterocycles. The van der Waals surface area contributed by atoms with Crippen LogP contribution in [-0.4, -0.2) is 54.2 Å². The van der Waals surface area contributed by atoms with Gasteiger partial charge in [-0.15, -0.1) is 6.58 Å². The third kappa shape index (κ3) is 4.58. The van der Waals surface area contributed by atoms with E-state index >= 15 is 0 Å². The molecular formula is C13H24N2O4. The zero-order chi connectivity index (χ0) is 14.3. The second-order valence-corrected chi connectivity index (χ2v) is 4.48. The van der Waals surface area contributed by atoms with E-state index in [-0.39, 0.29) is 18.7 Å². The van der Waals surface area contributed by atoms with E-state index in [4.69, 9.17) is 15.2 Å². The van der Waals surface area contributed by atoms with E-state index in [9.17, 15) is 9.90 Å². The fourth-order valence-electron chi connectivity index (χ4n) is 2.32. The Morgan fingerprint density at radius 1 is 1.68 bits per heavy atom. The minimum absolute atomic E-state index is 0.0215. The van der Waals surface area contributed by atoms with Gasteiger partial charge in [0.15, 0.2) is 6.29 Å². The highest BCUT2D eigenvalue weighted by Gasteiger charge is 2.39. The Kier molecular flexibility index (Phi) is 7.01. The largest absolute Gasteiger partial charge is 0.377 e. The Hall–Kier alpha value is -0.950. The fraction of sp³-hybridized carbons (Fsp3) is 0.769. The first-order valence-corrected chi connectivity index (χ1v) is 6.65. The van der Waals surface area contributed by atoms with Crippen LogP contribution >= 0.6 is 0 Å². The molecule has 1 rings (SSSR count). The van der Waals surface area contributed by atoms with Crippen molar-refractivity contribution in [2.75, 3.05) is 19.9 Å². The number of ether oxygens (including phenoxy) is 2. The molecule has 0 bridgehead atoms. The van der Waals surface area contributed by atoms with Gasteiger partial charge in [0.05, 0.1) is 18.9 Å². The quantitative estimate of drug-likeness (QED) is 0.487. The molecule has 3 N–H and O–H groups in total. The maximum Gasteiger partial charge on any atom is 0.223 e. The van der Waals surface area contributed by atoms with Gasteiger partial charge in [-0.2, -0.15) is 0 Å². The molecule has 110 valence electrons. The van der Waals surface area contributed by atoms with Gasteiger partial charge in [0.2, 0.25) is 5.91 Å². The Bertz CT molecular complexity index is 298. The van der Waals surface area contributed by atoms with Crippen molar-refractivity contribution in [3.63, 3.8) is 0 Å². The van der Waals surface area contributed by atoms with Crippen LogP contribution in [0, 0.1) is 0 Å². The summed E-state index contributed by atoms with van der Waals surface area (Å²) in [5.74, 6) is -0.0215. The molecule has 0 aromatic heterocycles. The van der Waals surface area contributed by atoms with Crippen LogP contribution in [0.25, 0.3) is 0 Å². The number of hydrogen-bond donors (Lipinski definition) is 2. The monoisotopic (exact) mass is 272 g/mol. The Balaban J connectivity index is 2.66. The molecule has 6 nitrogen and oxygen atoms in total. The Morgan fingerprint density at radius 3 is 3.00 bits per heavy atom. The number of allylic oxidation sites excluding steroid dienone is 1. The number of hydrogen-bond acceptors (Lipinski definition) is 5. The molecule has 0 radical (unpaired) electrons.